The van der Waals surface area contributed by atoms with Gasteiger partial charge in [0.05, 0.1) is 4.92 Å². The topological polar surface area (TPSA) is 183 Å². The highest BCUT2D eigenvalue weighted by Gasteiger charge is 2.14. The third kappa shape index (κ3) is 4.80. The van der Waals surface area contributed by atoms with Crippen molar-refractivity contribution in [1.82, 2.24) is 20.6 Å². The lowest BCUT2D eigenvalue weighted by atomic mass is 10.2. The van der Waals surface area contributed by atoms with Crippen molar-refractivity contribution in [2.24, 2.45) is 10.7 Å². The number of fused-ring (bicyclic) bond motifs is 2. The van der Waals surface area contributed by atoms with Crippen molar-refractivity contribution in [3.63, 3.8) is 0 Å². The predicted octanol–water partition coefficient (Wildman–Crippen LogP) is 2.07. The van der Waals surface area contributed by atoms with Gasteiger partial charge in [-0.25, -0.2) is 0 Å². The van der Waals surface area contributed by atoms with Gasteiger partial charge in [0.2, 0.25) is 0 Å². The van der Waals surface area contributed by atoms with Gasteiger partial charge in [-0.3, -0.25) is 24.7 Å². The summed E-state index contributed by atoms with van der Waals surface area (Å²) in [5, 5.41) is 20.7. The zero-order valence-corrected chi connectivity index (χ0v) is 18.1. The van der Waals surface area contributed by atoms with Crippen molar-refractivity contribution in [2.45, 2.75) is 0 Å². The van der Waals surface area contributed by atoms with E-state index in [1.165, 1.54) is 12.1 Å². The zero-order valence-electron chi connectivity index (χ0n) is 18.1. The average Bonchev–Trinajstić information content (AvgIpc) is 3.45. The van der Waals surface area contributed by atoms with Gasteiger partial charge >= 0.3 is 0 Å². The monoisotopic (exact) mass is 462 g/mol. The molecular weight excluding hydrogens is 440 g/mol. The quantitative estimate of drug-likeness (QED) is 0.0803. The van der Waals surface area contributed by atoms with Gasteiger partial charge in [-0.2, -0.15) is 0 Å². The largest absolute Gasteiger partial charge is 0.370 e. The summed E-state index contributed by atoms with van der Waals surface area (Å²) in [5.74, 6) is -0.375. The van der Waals surface area contributed by atoms with Crippen LogP contribution in [-0.2, 0) is 0 Å². The Morgan fingerprint density at radius 3 is 2.24 bits per heavy atom. The van der Waals surface area contributed by atoms with E-state index in [1.54, 1.807) is 43.4 Å². The molecule has 4 aromatic rings. The normalized spacial score (nSPS) is 11.5. The van der Waals surface area contributed by atoms with E-state index in [2.05, 4.69) is 30.9 Å². The van der Waals surface area contributed by atoms with Crippen LogP contribution in [0.4, 0.5) is 11.4 Å². The van der Waals surface area contributed by atoms with Gasteiger partial charge in [-0.1, -0.05) is 0 Å². The summed E-state index contributed by atoms with van der Waals surface area (Å²) in [7, 11) is 1.57. The second-order valence-corrected chi connectivity index (χ2v) is 7.44. The Balaban J connectivity index is 1.43. The molecule has 0 aliphatic carbocycles. The molecule has 7 N–H and O–H groups in total. The van der Waals surface area contributed by atoms with Crippen molar-refractivity contribution in [3.8, 4) is 0 Å². The van der Waals surface area contributed by atoms with Crippen molar-refractivity contribution >= 4 is 51.0 Å². The number of nitrogens with one attached hydrogen (secondary N) is 5. The Bertz CT molecular complexity index is 1440. The van der Waals surface area contributed by atoms with Crippen LogP contribution in [0.15, 0.2) is 53.5 Å². The van der Waals surface area contributed by atoms with Crippen molar-refractivity contribution < 1.29 is 14.5 Å². The summed E-state index contributed by atoms with van der Waals surface area (Å²) in [6.07, 6.45) is 0. The number of nitrogens with zero attached hydrogens (tertiary/aromatic N) is 2. The minimum absolute atomic E-state index is 0.0496. The van der Waals surface area contributed by atoms with Crippen LogP contribution in [0.25, 0.3) is 21.8 Å². The maximum Gasteiger partial charge on any atom is 0.272 e. The van der Waals surface area contributed by atoms with Crippen LogP contribution in [0.2, 0.25) is 0 Å². The molecule has 12 heteroatoms. The first-order chi connectivity index (χ1) is 16.3. The van der Waals surface area contributed by atoms with Crippen LogP contribution < -0.4 is 21.7 Å². The number of amides is 2. The number of non-ortho nitro benzene ring substituents is 1. The molecule has 4 rings (SSSR count). The summed E-state index contributed by atoms with van der Waals surface area (Å²) >= 11 is 0. The molecule has 0 saturated heterocycles. The molecule has 34 heavy (non-hydrogen) atoms. The summed E-state index contributed by atoms with van der Waals surface area (Å²) in [5.41, 5.74) is 8.03. The standard InChI is InChI=1S/C22H22N8O4/c1-24-22(23)26-7-6-25-20(31)18-10-12-8-14(2-4-16(12)28-18)27-21(32)19-11-13-9-15(30(33)34)3-5-17(13)29-19/h2-5,8-11,28-29H,6-7H2,1H3,(H,25,31)(H,27,32)(H3,23,24,26). The Kier molecular flexibility index (Phi) is 6.12. The van der Waals surface area contributed by atoms with Gasteiger partial charge < -0.3 is 31.7 Å². The van der Waals surface area contributed by atoms with E-state index in [4.69, 9.17) is 5.73 Å². The fourth-order valence-corrected chi connectivity index (χ4v) is 3.43. The number of carbonyl (C=O) groups excluding carboxylic acids is 2. The predicted molar refractivity (Wildman–Crippen MR) is 129 cm³/mol. The number of nitro groups is 1. The Hall–Kier alpha value is -4.87. The average molecular weight is 462 g/mol. The zero-order chi connectivity index (χ0) is 24.2. The van der Waals surface area contributed by atoms with E-state index in [1.807, 2.05) is 0 Å². The van der Waals surface area contributed by atoms with Crippen LogP contribution >= 0.6 is 0 Å². The number of H-pyrrole nitrogens is 2. The van der Waals surface area contributed by atoms with E-state index in [0.717, 1.165) is 10.9 Å². The lowest BCUT2D eigenvalue weighted by Gasteiger charge is -2.05. The maximum absolute atomic E-state index is 12.7. The van der Waals surface area contributed by atoms with Crippen molar-refractivity contribution in [1.29, 1.82) is 0 Å². The Morgan fingerprint density at radius 2 is 1.56 bits per heavy atom. The molecule has 0 radical (unpaired) electrons. The molecular formula is C22H22N8O4. The second-order valence-electron chi connectivity index (χ2n) is 7.44. The molecule has 0 atom stereocenters. The molecule has 0 bridgehead atoms. The first-order valence-corrected chi connectivity index (χ1v) is 10.3. The fraction of sp³-hybridized carbons (Fsp3) is 0.136. The van der Waals surface area contributed by atoms with E-state index in [9.17, 15) is 19.7 Å². The fourth-order valence-electron chi connectivity index (χ4n) is 3.43. The smallest absolute Gasteiger partial charge is 0.272 e. The molecule has 2 heterocycles. The third-order valence-electron chi connectivity index (χ3n) is 5.14. The van der Waals surface area contributed by atoms with E-state index in [0.29, 0.717) is 41.3 Å². The summed E-state index contributed by atoms with van der Waals surface area (Å²) in [4.78, 5) is 45.3. The number of nitrogens with two attached hydrogens (primary N) is 1. The number of hydrogen-bond acceptors (Lipinski definition) is 5. The lowest BCUT2D eigenvalue weighted by Crippen LogP contribution is -2.38. The van der Waals surface area contributed by atoms with Crippen LogP contribution in [0.1, 0.15) is 21.0 Å². The molecule has 2 amide bonds. The van der Waals surface area contributed by atoms with E-state index >= 15 is 0 Å². The number of guanidine groups is 1. The number of nitro benzene ring substituents is 1. The van der Waals surface area contributed by atoms with Crippen LogP contribution in [0, 0.1) is 10.1 Å². The summed E-state index contributed by atoms with van der Waals surface area (Å²) in [6, 6.07) is 12.8. The number of benzene rings is 2. The molecule has 12 nitrogen and oxygen atoms in total. The molecule has 174 valence electrons. The van der Waals surface area contributed by atoms with Gasteiger partial charge in [0, 0.05) is 59.8 Å². The Labute approximate surface area is 192 Å². The van der Waals surface area contributed by atoms with Gasteiger partial charge in [0.15, 0.2) is 5.96 Å². The molecule has 2 aromatic carbocycles. The molecule has 0 aliphatic heterocycles. The second kappa shape index (κ2) is 9.32. The van der Waals surface area contributed by atoms with Gasteiger partial charge in [-0.05, 0) is 36.4 Å². The van der Waals surface area contributed by atoms with Crippen LogP contribution in [0.5, 0.6) is 0 Å². The van der Waals surface area contributed by atoms with E-state index < -0.39 is 10.8 Å². The van der Waals surface area contributed by atoms with Crippen LogP contribution in [0.3, 0.4) is 0 Å². The van der Waals surface area contributed by atoms with Gasteiger partial charge in [0.1, 0.15) is 11.4 Å². The number of anilines is 1. The highest BCUT2D eigenvalue weighted by Crippen LogP contribution is 2.23. The SMILES string of the molecule is CN=C(N)NCCNC(=O)c1cc2cc(NC(=O)c3cc4cc([N+](=O)[O-])ccc4[nH]3)ccc2[nH]1. The van der Waals surface area contributed by atoms with Crippen molar-refractivity contribution in [3.05, 3.63) is 70.0 Å². The minimum Gasteiger partial charge on any atom is -0.370 e. The number of aromatic amines is 2. The summed E-state index contributed by atoms with van der Waals surface area (Å²) in [6.45, 7) is 0.797. The minimum atomic E-state index is -0.485. The van der Waals surface area contributed by atoms with Crippen molar-refractivity contribution in [2.75, 3.05) is 25.5 Å². The van der Waals surface area contributed by atoms with Gasteiger partial charge in [-0.15, -0.1) is 0 Å². The number of rotatable bonds is 7. The highest BCUT2D eigenvalue weighted by atomic mass is 16.6. The first kappa shape index (κ1) is 22.3. The van der Waals surface area contributed by atoms with Gasteiger partial charge in [0.25, 0.3) is 17.5 Å². The molecule has 0 fully saturated rings. The number of aromatic nitrogens is 2. The maximum atomic E-state index is 12.7. The lowest BCUT2D eigenvalue weighted by molar-refractivity contribution is -0.384. The molecule has 0 aliphatic rings. The van der Waals surface area contributed by atoms with Crippen LogP contribution in [-0.4, -0.2) is 52.8 Å². The Morgan fingerprint density at radius 1 is 0.941 bits per heavy atom. The molecule has 0 unspecified atom stereocenters. The third-order valence-corrected chi connectivity index (χ3v) is 5.14. The number of carbonyl (C=O) groups is 2. The molecule has 0 saturated carbocycles. The molecule has 0 spiro atoms. The summed E-state index contributed by atoms with van der Waals surface area (Å²) < 4.78 is 0. The highest BCUT2D eigenvalue weighted by molar-refractivity contribution is 6.07. The number of hydrogen-bond donors (Lipinski definition) is 6. The number of aliphatic imine (C=N–C) groups is 1. The van der Waals surface area contributed by atoms with E-state index in [-0.39, 0.29) is 17.3 Å². The molecule has 2 aromatic heterocycles. The first-order valence-electron chi connectivity index (χ1n) is 10.3.